The number of aryl methyl sites for hydroxylation is 1. The van der Waals surface area contributed by atoms with E-state index in [0.717, 1.165) is 42.4 Å². The Hall–Kier alpha value is -3.39. The second kappa shape index (κ2) is 12.0. The summed E-state index contributed by atoms with van der Waals surface area (Å²) < 4.78 is 11.5. The van der Waals surface area contributed by atoms with Gasteiger partial charge < -0.3 is 14.8 Å². The average Bonchev–Trinajstić information content (AvgIpc) is 2.83. The molecule has 0 spiro atoms. The van der Waals surface area contributed by atoms with Crippen LogP contribution in [-0.4, -0.2) is 34.8 Å². The molecule has 0 aliphatic heterocycles. The van der Waals surface area contributed by atoms with E-state index in [-0.39, 0.29) is 11.9 Å². The highest BCUT2D eigenvalue weighted by atomic mass is 16.5. The zero-order chi connectivity index (χ0) is 23.6. The quantitative estimate of drug-likeness (QED) is 0.203. The van der Waals surface area contributed by atoms with Gasteiger partial charge in [0.1, 0.15) is 12.1 Å². The third kappa shape index (κ3) is 6.79. The molecule has 1 heterocycles. The van der Waals surface area contributed by atoms with E-state index < -0.39 is 0 Å². The van der Waals surface area contributed by atoms with Gasteiger partial charge >= 0.3 is 0 Å². The van der Waals surface area contributed by atoms with E-state index in [0.29, 0.717) is 24.5 Å². The Balaban J connectivity index is 1.67. The van der Waals surface area contributed by atoms with Crippen LogP contribution >= 0.6 is 0 Å². The SMILES string of the molecule is COc1cc2ncnc(N[C@H](C)c3ccc(C)cc3)c2cc1OCCCCCCC(=O)NO. The number of nitrogens with one attached hydrogen (secondary N) is 2. The molecule has 8 heteroatoms. The molecule has 1 amide bonds. The van der Waals surface area contributed by atoms with Gasteiger partial charge in [-0.3, -0.25) is 10.0 Å². The summed E-state index contributed by atoms with van der Waals surface area (Å²) in [5.41, 5.74) is 4.82. The first-order chi connectivity index (χ1) is 16.0. The summed E-state index contributed by atoms with van der Waals surface area (Å²) >= 11 is 0. The fourth-order valence-corrected chi connectivity index (χ4v) is 3.57. The number of carbonyl (C=O) groups is 1. The number of ether oxygens (including phenoxy) is 2. The van der Waals surface area contributed by atoms with Gasteiger partial charge in [0.15, 0.2) is 11.5 Å². The van der Waals surface area contributed by atoms with Crippen LogP contribution in [0.4, 0.5) is 5.82 Å². The van der Waals surface area contributed by atoms with E-state index in [9.17, 15) is 4.79 Å². The van der Waals surface area contributed by atoms with E-state index in [2.05, 4.69) is 53.4 Å². The molecule has 3 rings (SSSR count). The van der Waals surface area contributed by atoms with Crippen molar-refractivity contribution in [3.05, 3.63) is 53.9 Å². The summed E-state index contributed by atoms with van der Waals surface area (Å²) in [6, 6.07) is 12.3. The van der Waals surface area contributed by atoms with Gasteiger partial charge in [-0.05, 0) is 38.3 Å². The maximum atomic E-state index is 11.0. The maximum Gasteiger partial charge on any atom is 0.243 e. The Kier molecular flexibility index (Phi) is 8.83. The Labute approximate surface area is 194 Å². The molecule has 8 nitrogen and oxygen atoms in total. The molecule has 0 radical (unpaired) electrons. The minimum atomic E-state index is -0.351. The van der Waals surface area contributed by atoms with Crippen molar-refractivity contribution in [1.82, 2.24) is 15.4 Å². The van der Waals surface area contributed by atoms with Crippen molar-refractivity contribution >= 4 is 22.6 Å². The van der Waals surface area contributed by atoms with Crippen molar-refractivity contribution in [1.29, 1.82) is 0 Å². The molecule has 3 aromatic rings. The third-order valence-corrected chi connectivity index (χ3v) is 5.53. The van der Waals surface area contributed by atoms with E-state index in [1.54, 1.807) is 18.9 Å². The molecular formula is C25H32N4O4. The van der Waals surface area contributed by atoms with E-state index in [1.165, 1.54) is 11.1 Å². The number of hydroxylamine groups is 1. The van der Waals surface area contributed by atoms with Gasteiger partial charge in [-0.25, -0.2) is 15.4 Å². The molecule has 0 unspecified atom stereocenters. The molecule has 0 bridgehead atoms. The first-order valence-electron chi connectivity index (χ1n) is 11.2. The zero-order valence-corrected chi connectivity index (χ0v) is 19.4. The number of unbranched alkanes of at least 4 members (excludes halogenated alkanes) is 3. The molecule has 1 aromatic heterocycles. The van der Waals surface area contributed by atoms with E-state index in [4.69, 9.17) is 14.7 Å². The number of hydrogen-bond donors (Lipinski definition) is 3. The predicted molar refractivity (Wildman–Crippen MR) is 128 cm³/mol. The zero-order valence-electron chi connectivity index (χ0n) is 19.4. The van der Waals surface area contributed by atoms with Crippen LogP contribution in [-0.2, 0) is 4.79 Å². The fourth-order valence-electron chi connectivity index (χ4n) is 3.57. The number of benzene rings is 2. The number of hydrogen-bond acceptors (Lipinski definition) is 7. The largest absolute Gasteiger partial charge is 0.493 e. The van der Waals surface area contributed by atoms with Gasteiger partial charge in [-0.15, -0.1) is 0 Å². The number of amides is 1. The number of methoxy groups -OCH3 is 1. The average molecular weight is 453 g/mol. The Morgan fingerprint density at radius 3 is 2.55 bits per heavy atom. The van der Waals surface area contributed by atoms with Crippen molar-refractivity contribution in [3.8, 4) is 11.5 Å². The first-order valence-corrected chi connectivity index (χ1v) is 11.2. The predicted octanol–water partition coefficient (Wildman–Crippen LogP) is 4.95. The molecule has 0 aliphatic carbocycles. The first kappa shape index (κ1) is 24.3. The fraction of sp³-hybridized carbons (Fsp3) is 0.400. The molecule has 0 saturated heterocycles. The minimum absolute atomic E-state index is 0.0723. The second-order valence-electron chi connectivity index (χ2n) is 8.07. The minimum Gasteiger partial charge on any atom is -0.493 e. The Morgan fingerprint density at radius 2 is 1.82 bits per heavy atom. The molecule has 0 fully saturated rings. The molecule has 0 saturated carbocycles. The number of carbonyl (C=O) groups excluding carboxylic acids is 1. The van der Waals surface area contributed by atoms with Crippen LogP contribution in [0.5, 0.6) is 11.5 Å². The topological polar surface area (TPSA) is 106 Å². The van der Waals surface area contributed by atoms with Crippen molar-refractivity contribution in [2.45, 2.75) is 52.0 Å². The van der Waals surface area contributed by atoms with Crippen LogP contribution in [0.1, 0.15) is 56.2 Å². The highest BCUT2D eigenvalue weighted by Crippen LogP contribution is 2.35. The van der Waals surface area contributed by atoms with Crippen molar-refractivity contribution < 1.29 is 19.5 Å². The number of aromatic nitrogens is 2. The van der Waals surface area contributed by atoms with Crippen LogP contribution in [0.15, 0.2) is 42.7 Å². The van der Waals surface area contributed by atoms with Crippen LogP contribution in [0, 0.1) is 6.92 Å². The van der Waals surface area contributed by atoms with Crippen LogP contribution in [0.2, 0.25) is 0 Å². The molecule has 3 N–H and O–H groups in total. The summed E-state index contributed by atoms with van der Waals surface area (Å²) in [5.74, 6) is 1.65. The lowest BCUT2D eigenvalue weighted by molar-refractivity contribution is -0.129. The van der Waals surface area contributed by atoms with E-state index >= 15 is 0 Å². The summed E-state index contributed by atoms with van der Waals surface area (Å²) in [5, 5.41) is 12.9. The second-order valence-corrected chi connectivity index (χ2v) is 8.07. The van der Waals surface area contributed by atoms with Gasteiger partial charge in [0.05, 0.1) is 19.2 Å². The van der Waals surface area contributed by atoms with Gasteiger partial charge in [0, 0.05) is 23.9 Å². The van der Waals surface area contributed by atoms with Crippen molar-refractivity contribution in [2.75, 3.05) is 19.0 Å². The van der Waals surface area contributed by atoms with Gasteiger partial charge in [-0.2, -0.15) is 0 Å². The van der Waals surface area contributed by atoms with Crippen LogP contribution in [0.25, 0.3) is 10.9 Å². The highest BCUT2D eigenvalue weighted by Gasteiger charge is 2.14. The lowest BCUT2D eigenvalue weighted by atomic mass is 10.1. The molecule has 33 heavy (non-hydrogen) atoms. The molecule has 176 valence electrons. The van der Waals surface area contributed by atoms with Gasteiger partial charge in [0.2, 0.25) is 5.91 Å². The Morgan fingerprint density at radius 1 is 1.06 bits per heavy atom. The smallest absolute Gasteiger partial charge is 0.243 e. The molecule has 1 atom stereocenters. The van der Waals surface area contributed by atoms with Crippen molar-refractivity contribution in [3.63, 3.8) is 0 Å². The molecule has 2 aromatic carbocycles. The number of nitrogens with zero attached hydrogens (tertiary/aromatic N) is 2. The number of rotatable bonds is 12. The van der Waals surface area contributed by atoms with Gasteiger partial charge in [-0.1, -0.05) is 42.7 Å². The van der Waals surface area contributed by atoms with E-state index in [1.807, 2.05) is 12.1 Å². The number of fused-ring (bicyclic) bond motifs is 1. The molecule has 0 aliphatic rings. The van der Waals surface area contributed by atoms with Crippen molar-refractivity contribution in [2.24, 2.45) is 0 Å². The highest BCUT2D eigenvalue weighted by molar-refractivity contribution is 5.91. The van der Waals surface area contributed by atoms with Gasteiger partial charge in [0.25, 0.3) is 0 Å². The maximum absolute atomic E-state index is 11.0. The van der Waals surface area contributed by atoms with Crippen LogP contribution in [0.3, 0.4) is 0 Å². The molecular weight excluding hydrogens is 420 g/mol. The van der Waals surface area contributed by atoms with Crippen LogP contribution < -0.4 is 20.3 Å². The lowest BCUT2D eigenvalue weighted by Gasteiger charge is -2.18. The summed E-state index contributed by atoms with van der Waals surface area (Å²) in [7, 11) is 1.61. The normalized spacial score (nSPS) is 11.8. The standard InChI is InChI=1S/C25H32N4O4/c1-17-9-11-19(12-10-17)18(2)28-25-20-14-23(22(32-3)15-21(20)26-16-27-25)33-13-7-5-4-6-8-24(30)29-31/h9-12,14-16,18,31H,4-8,13H2,1-3H3,(H,29,30)(H,26,27,28)/t18-/m1/s1. The summed E-state index contributed by atoms with van der Waals surface area (Å²) in [4.78, 5) is 19.9. The monoisotopic (exact) mass is 452 g/mol. The lowest BCUT2D eigenvalue weighted by Crippen LogP contribution is -2.17. The summed E-state index contributed by atoms with van der Waals surface area (Å²) in [6.45, 7) is 4.71. The third-order valence-electron chi connectivity index (χ3n) is 5.53. The Bertz CT molecular complexity index is 1060. The number of anilines is 1. The summed E-state index contributed by atoms with van der Waals surface area (Å²) in [6.07, 6.45) is 5.28.